The number of carbonyl (C=O) groups is 3. The molecule has 0 saturated carbocycles. The first kappa shape index (κ1) is 22.5. The molecule has 3 amide bonds. The highest BCUT2D eigenvalue weighted by Gasteiger charge is 2.19. The zero-order valence-electron chi connectivity index (χ0n) is 17.3. The molecule has 160 valence electrons. The predicted molar refractivity (Wildman–Crippen MR) is 112 cm³/mol. The van der Waals surface area contributed by atoms with Gasteiger partial charge in [-0.2, -0.15) is 0 Å². The summed E-state index contributed by atoms with van der Waals surface area (Å²) in [5, 5.41) is 5.53. The van der Waals surface area contributed by atoms with Crippen LogP contribution in [0.3, 0.4) is 0 Å². The summed E-state index contributed by atoms with van der Waals surface area (Å²) >= 11 is 0. The molecular weight excluding hydrogens is 390 g/mol. The topological polar surface area (TPSA) is 129 Å². The Morgan fingerprint density at radius 3 is 2.03 bits per heavy atom. The quantitative estimate of drug-likeness (QED) is 0.577. The molecule has 9 nitrogen and oxygen atoms in total. The van der Waals surface area contributed by atoms with Crippen molar-refractivity contribution >= 4 is 29.1 Å². The summed E-state index contributed by atoms with van der Waals surface area (Å²) in [4.78, 5) is 35.6. The first-order valence-electron chi connectivity index (χ1n) is 9.14. The van der Waals surface area contributed by atoms with E-state index in [0.717, 1.165) is 0 Å². The molecule has 2 rings (SSSR count). The molecule has 0 radical (unpaired) electrons. The van der Waals surface area contributed by atoms with Crippen LogP contribution >= 0.6 is 0 Å². The van der Waals surface area contributed by atoms with E-state index in [1.807, 2.05) is 0 Å². The third-order valence-corrected chi connectivity index (χ3v) is 3.99. The Labute approximate surface area is 174 Å². The zero-order chi connectivity index (χ0) is 22.3. The SMILES string of the molecule is COc1cc(C(=O)Nc2cccc(NC(=O)C(C)C)c2)cc(OC)c1OCC(N)=O. The van der Waals surface area contributed by atoms with Gasteiger partial charge < -0.3 is 30.6 Å². The van der Waals surface area contributed by atoms with E-state index in [4.69, 9.17) is 19.9 Å². The Bertz CT molecular complexity index is 917. The van der Waals surface area contributed by atoms with Crippen LogP contribution in [0.4, 0.5) is 11.4 Å². The molecule has 0 unspecified atom stereocenters. The fourth-order valence-electron chi connectivity index (χ4n) is 2.46. The summed E-state index contributed by atoms with van der Waals surface area (Å²) < 4.78 is 15.9. The molecule has 0 aliphatic rings. The number of ether oxygens (including phenoxy) is 3. The van der Waals surface area contributed by atoms with E-state index in [0.29, 0.717) is 11.4 Å². The van der Waals surface area contributed by atoms with Crippen LogP contribution in [0.5, 0.6) is 17.2 Å². The molecule has 9 heteroatoms. The van der Waals surface area contributed by atoms with Crippen molar-refractivity contribution in [3.8, 4) is 17.2 Å². The molecule has 0 spiro atoms. The van der Waals surface area contributed by atoms with Crippen molar-refractivity contribution in [3.05, 3.63) is 42.0 Å². The van der Waals surface area contributed by atoms with Crippen molar-refractivity contribution in [1.82, 2.24) is 0 Å². The molecule has 0 aliphatic carbocycles. The Hall–Kier alpha value is -3.75. The fraction of sp³-hybridized carbons (Fsp3) is 0.286. The van der Waals surface area contributed by atoms with Crippen LogP contribution in [0.25, 0.3) is 0 Å². The van der Waals surface area contributed by atoms with Gasteiger partial charge in [0.25, 0.3) is 11.8 Å². The van der Waals surface area contributed by atoms with Gasteiger partial charge in [-0.1, -0.05) is 19.9 Å². The molecule has 0 fully saturated rings. The number of hydrogen-bond donors (Lipinski definition) is 3. The minimum atomic E-state index is -0.662. The number of hydrogen-bond acceptors (Lipinski definition) is 6. The first-order chi connectivity index (χ1) is 14.2. The van der Waals surface area contributed by atoms with Gasteiger partial charge in [0.05, 0.1) is 14.2 Å². The van der Waals surface area contributed by atoms with E-state index >= 15 is 0 Å². The Balaban J connectivity index is 2.24. The summed E-state index contributed by atoms with van der Waals surface area (Å²) in [6.07, 6.45) is 0. The van der Waals surface area contributed by atoms with Crippen LogP contribution in [0, 0.1) is 5.92 Å². The molecule has 2 aromatic carbocycles. The lowest BCUT2D eigenvalue weighted by atomic mass is 10.1. The van der Waals surface area contributed by atoms with E-state index in [9.17, 15) is 14.4 Å². The van der Waals surface area contributed by atoms with Crippen LogP contribution < -0.4 is 30.6 Å². The van der Waals surface area contributed by atoms with Crippen molar-refractivity contribution in [3.63, 3.8) is 0 Å². The summed E-state index contributed by atoms with van der Waals surface area (Å²) in [5.41, 5.74) is 6.41. The number of nitrogens with two attached hydrogens (primary N) is 1. The van der Waals surface area contributed by atoms with Gasteiger partial charge in [-0.15, -0.1) is 0 Å². The summed E-state index contributed by atoms with van der Waals surface area (Å²) in [6.45, 7) is 3.21. The minimum absolute atomic E-state index is 0.125. The smallest absolute Gasteiger partial charge is 0.255 e. The zero-order valence-corrected chi connectivity index (χ0v) is 17.3. The predicted octanol–water partition coefficient (Wildman–Crippen LogP) is 2.41. The van der Waals surface area contributed by atoms with Crippen LogP contribution in [-0.2, 0) is 9.59 Å². The number of rotatable bonds is 9. The minimum Gasteiger partial charge on any atom is -0.493 e. The van der Waals surface area contributed by atoms with Gasteiger partial charge in [0.1, 0.15) is 0 Å². The standard InChI is InChI=1S/C21H25N3O6/c1-12(2)20(26)23-14-6-5-7-15(10-14)24-21(27)13-8-16(28-3)19(17(9-13)29-4)30-11-18(22)25/h5-10,12H,11H2,1-4H3,(H2,22,25)(H,23,26)(H,24,27). The number of primary amides is 1. The molecule has 0 saturated heterocycles. The van der Waals surface area contributed by atoms with Gasteiger partial charge in [-0.3, -0.25) is 14.4 Å². The Morgan fingerprint density at radius 1 is 0.967 bits per heavy atom. The third-order valence-electron chi connectivity index (χ3n) is 3.99. The van der Waals surface area contributed by atoms with Crippen LogP contribution in [0.2, 0.25) is 0 Å². The van der Waals surface area contributed by atoms with Crippen molar-refractivity contribution in [2.24, 2.45) is 11.7 Å². The first-order valence-corrected chi connectivity index (χ1v) is 9.14. The highest BCUT2D eigenvalue weighted by Crippen LogP contribution is 2.38. The van der Waals surface area contributed by atoms with Crippen LogP contribution in [-0.4, -0.2) is 38.5 Å². The normalized spacial score (nSPS) is 10.3. The van der Waals surface area contributed by atoms with E-state index in [2.05, 4.69) is 10.6 Å². The molecule has 4 N–H and O–H groups in total. The second-order valence-electron chi connectivity index (χ2n) is 6.64. The van der Waals surface area contributed by atoms with Gasteiger partial charge in [-0.25, -0.2) is 0 Å². The van der Waals surface area contributed by atoms with Crippen LogP contribution in [0.15, 0.2) is 36.4 Å². The van der Waals surface area contributed by atoms with E-state index in [1.165, 1.54) is 26.4 Å². The highest BCUT2D eigenvalue weighted by atomic mass is 16.5. The van der Waals surface area contributed by atoms with Gasteiger partial charge in [0, 0.05) is 22.9 Å². The van der Waals surface area contributed by atoms with E-state index in [1.54, 1.807) is 38.1 Å². The number of methoxy groups -OCH3 is 2. The lowest BCUT2D eigenvalue weighted by molar-refractivity contribution is -0.120. The average Bonchev–Trinajstić information content (AvgIpc) is 2.71. The van der Waals surface area contributed by atoms with Gasteiger partial charge in [0.2, 0.25) is 11.7 Å². The van der Waals surface area contributed by atoms with Gasteiger partial charge in [0.15, 0.2) is 18.1 Å². The largest absolute Gasteiger partial charge is 0.493 e. The lowest BCUT2D eigenvalue weighted by Gasteiger charge is -2.15. The van der Waals surface area contributed by atoms with Crippen molar-refractivity contribution in [2.45, 2.75) is 13.8 Å². The summed E-state index contributed by atoms with van der Waals surface area (Å²) in [6, 6.07) is 9.70. The van der Waals surface area contributed by atoms with Crippen molar-refractivity contribution < 1.29 is 28.6 Å². The third kappa shape index (κ3) is 5.87. The highest BCUT2D eigenvalue weighted by molar-refractivity contribution is 6.05. The average molecular weight is 415 g/mol. The lowest BCUT2D eigenvalue weighted by Crippen LogP contribution is -2.20. The number of benzene rings is 2. The molecule has 2 aromatic rings. The molecule has 30 heavy (non-hydrogen) atoms. The van der Waals surface area contributed by atoms with E-state index in [-0.39, 0.29) is 41.2 Å². The molecular formula is C21H25N3O6. The molecule has 0 bridgehead atoms. The monoisotopic (exact) mass is 415 g/mol. The van der Waals surface area contributed by atoms with Crippen molar-refractivity contribution in [1.29, 1.82) is 0 Å². The molecule has 0 aliphatic heterocycles. The molecule has 0 heterocycles. The van der Waals surface area contributed by atoms with E-state index < -0.39 is 11.8 Å². The number of nitrogens with one attached hydrogen (secondary N) is 2. The second-order valence-corrected chi connectivity index (χ2v) is 6.64. The molecule has 0 aromatic heterocycles. The number of anilines is 2. The molecule has 0 atom stereocenters. The van der Waals surface area contributed by atoms with Crippen LogP contribution in [0.1, 0.15) is 24.2 Å². The Kier molecular flexibility index (Phi) is 7.62. The maximum atomic E-state index is 12.7. The Morgan fingerprint density at radius 2 is 1.53 bits per heavy atom. The maximum absolute atomic E-state index is 12.7. The summed E-state index contributed by atoms with van der Waals surface area (Å²) in [7, 11) is 2.79. The van der Waals surface area contributed by atoms with Gasteiger partial charge in [-0.05, 0) is 30.3 Å². The summed E-state index contributed by atoms with van der Waals surface area (Å²) in [5.74, 6) is -0.810. The fourth-order valence-corrected chi connectivity index (χ4v) is 2.46. The maximum Gasteiger partial charge on any atom is 0.255 e. The van der Waals surface area contributed by atoms with Crippen molar-refractivity contribution in [2.75, 3.05) is 31.5 Å². The second kappa shape index (κ2) is 10.1. The number of amides is 3. The van der Waals surface area contributed by atoms with Gasteiger partial charge >= 0.3 is 0 Å². The number of carbonyl (C=O) groups excluding carboxylic acids is 3.